The first kappa shape index (κ1) is 21.9. The second kappa shape index (κ2) is 8.52. The van der Waals surface area contributed by atoms with Crippen LogP contribution in [0.25, 0.3) is 0 Å². The number of methoxy groups -OCH3 is 1. The summed E-state index contributed by atoms with van der Waals surface area (Å²) >= 11 is 0.926. The van der Waals surface area contributed by atoms with Crippen LogP contribution in [0.15, 0.2) is 10.3 Å². The highest BCUT2D eigenvalue weighted by Gasteiger charge is 2.31. The molecule has 162 valence electrons. The number of carbonyl (C=O) groups excluding carboxylic acids is 2. The van der Waals surface area contributed by atoms with Crippen molar-refractivity contribution in [2.75, 3.05) is 12.4 Å². The van der Waals surface area contributed by atoms with E-state index >= 15 is 0 Å². The molecule has 0 radical (unpaired) electrons. The molecule has 3 rings (SSSR count). The Hall–Kier alpha value is -2.80. The van der Waals surface area contributed by atoms with E-state index in [1.807, 2.05) is 4.72 Å². The van der Waals surface area contributed by atoms with Crippen molar-refractivity contribution in [2.24, 2.45) is 0 Å². The van der Waals surface area contributed by atoms with Gasteiger partial charge < -0.3 is 9.47 Å². The smallest absolute Gasteiger partial charge is 0.350 e. The number of hydrogen-bond acceptors (Lipinski definition) is 10. The summed E-state index contributed by atoms with van der Waals surface area (Å²) in [5, 5.41) is 3.78. The van der Waals surface area contributed by atoms with Crippen LogP contribution in [0, 0.1) is 6.92 Å². The lowest BCUT2D eigenvalue weighted by atomic mass is 10.3. The van der Waals surface area contributed by atoms with Crippen LogP contribution < -0.4 is 14.8 Å². The number of nitrogens with zero attached hydrogens (tertiary/aromatic N) is 3. The zero-order valence-corrected chi connectivity index (χ0v) is 18.4. The number of ether oxygens (including phenoxy) is 2. The van der Waals surface area contributed by atoms with Gasteiger partial charge in [-0.25, -0.2) is 22.7 Å². The topological polar surface area (TPSA) is 149 Å². The van der Waals surface area contributed by atoms with Gasteiger partial charge in [0.15, 0.2) is 0 Å². The third-order valence-electron chi connectivity index (χ3n) is 3.92. The molecule has 0 atom stereocenters. The molecule has 1 saturated carbocycles. The van der Waals surface area contributed by atoms with Crippen molar-refractivity contribution >= 4 is 39.3 Å². The Morgan fingerprint density at radius 3 is 2.53 bits per heavy atom. The minimum Gasteiger partial charge on any atom is -0.467 e. The molecule has 0 spiro atoms. The van der Waals surface area contributed by atoms with Crippen molar-refractivity contribution < 1.29 is 27.5 Å². The average molecular weight is 456 g/mol. The van der Waals surface area contributed by atoms with E-state index in [9.17, 15) is 18.0 Å². The molecule has 2 heterocycles. The van der Waals surface area contributed by atoms with Gasteiger partial charge in [0, 0.05) is 5.92 Å². The number of carbonyl (C=O) groups is 2. The number of thiophene rings is 1. The van der Waals surface area contributed by atoms with Crippen LogP contribution in [0.1, 0.15) is 53.7 Å². The van der Waals surface area contributed by atoms with Gasteiger partial charge in [-0.3, -0.25) is 5.32 Å². The number of nitrogens with one attached hydrogen (secondary N) is 2. The number of amides is 2. The molecule has 2 N–H and O–H groups in total. The lowest BCUT2D eigenvalue weighted by Crippen LogP contribution is -2.35. The van der Waals surface area contributed by atoms with Crippen LogP contribution in [-0.4, -0.2) is 48.6 Å². The molecule has 11 nitrogen and oxygen atoms in total. The van der Waals surface area contributed by atoms with E-state index in [1.54, 1.807) is 13.8 Å². The number of rotatable bonds is 7. The third-order valence-corrected chi connectivity index (χ3v) is 6.65. The summed E-state index contributed by atoms with van der Waals surface area (Å²) in [6.45, 7) is 4.82. The maximum Gasteiger partial charge on any atom is 0.350 e. The van der Waals surface area contributed by atoms with E-state index in [-0.39, 0.29) is 27.6 Å². The van der Waals surface area contributed by atoms with Gasteiger partial charge in [-0.2, -0.15) is 15.0 Å². The Morgan fingerprint density at radius 2 is 1.93 bits per heavy atom. The van der Waals surface area contributed by atoms with Crippen LogP contribution in [0.4, 0.5) is 10.7 Å². The molecule has 2 aromatic heterocycles. The molecule has 13 heteroatoms. The molecule has 30 heavy (non-hydrogen) atoms. The zero-order valence-electron chi connectivity index (χ0n) is 16.8. The molecule has 2 aromatic rings. The Bertz CT molecular complexity index is 1080. The lowest BCUT2D eigenvalue weighted by molar-refractivity contribution is 0.0379. The van der Waals surface area contributed by atoms with Gasteiger partial charge in [0.05, 0.1) is 13.2 Å². The Labute approximate surface area is 177 Å². The molecular weight excluding hydrogens is 434 g/mol. The standard InChI is InChI=1S/C17H21N5O6S2/c1-8(2)28-14(23)11-12(9(3)7-29-11)30(25,26)22-16(24)20-15-18-13(10-5-6-10)19-17(21-15)27-4/h7-8,10H,5-6H2,1-4H3,(H2,18,19,20,21,22,24). The maximum atomic E-state index is 12.8. The van der Waals surface area contributed by atoms with E-state index in [4.69, 9.17) is 9.47 Å². The first-order chi connectivity index (χ1) is 14.1. The van der Waals surface area contributed by atoms with Crippen molar-refractivity contribution in [1.29, 1.82) is 0 Å². The van der Waals surface area contributed by atoms with Crippen molar-refractivity contribution in [3.8, 4) is 6.01 Å². The van der Waals surface area contributed by atoms with Crippen molar-refractivity contribution in [2.45, 2.75) is 50.5 Å². The summed E-state index contributed by atoms with van der Waals surface area (Å²) in [6, 6.07) is -1.07. The fourth-order valence-electron chi connectivity index (χ4n) is 2.52. The molecular formula is C17H21N5O6S2. The second-order valence-electron chi connectivity index (χ2n) is 6.87. The Balaban J connectivity index is 1.80. The largest absolute Gasteiger partial charge is 0.467 e. The first-order valence-electron chi connectivity index (χ1n) is 9.03. The van der Waals surface area contributed by atoms with Crippen LogP contribution in [0.3, 0.4) is 0 Å². The van der Waals surface area contributed by atoms with Gasteiger partial charge in [0.2, 0.25) is 5.95 Å². The van der Waals surface area contributed by atoms with Crippen molar-refractivity contribution in [3.05, 3.63) is 21.6 Å². The number of hydrogen-bond donors (Lipinski definition) is 2. The number of sulfonamides is 1. The number of aromatic nitrogens is 3. The summed E-state index contributed by atoms with van der Waals surface area (Å²) < 4.78 is 37.5. The number of urea groups is 1. The fourth-order valence-corrected chi connectivity index (χ4v) is 5.10. The average Bonchev–Trinajstić information content (AvgIpc) is 3.41. The lowest BCUT2D eigenvalue weighted by Gasteiger charge is -2.11. The summed E-state index contributed by atoms with van der Waals surface area (Å²) in [6.07, 6.45) is 1.41. The highest BCUT2D eigenvalue weighted by molar-refractivity contribution is 7.90. The van der Waals surface area contributed by atoms with Gasteiger partial charge in [0.25, 0.3) is 10.0 Å². The van der Waals surface area contributed by atoms with E-state index in [0.29, 0.717) is 11.4 Å². The minimum absolute atomic E-state index is 0.0115. The molecule has 0 unspecified atom stereocenters. The van der Waals surface area contributed by atoms with Crippen LogP contribution in [-0.2, 0) is 14.8 Å². The summed E-state index contributed by atoms with van der Waals surface area (Å²) in [7, 11) is -2.99. The summed E-state index contributed by atoms with van der Waals surface area (Å²) in [4.78, 5) is 36.3. The van der Waals surface area contributed by atoms with E-state index < -0.39 is 28.1 Å². The monoisotopic (exact) mass is 455 g/mol. The zero-order chi connectivity index (χ0) is 22.1. The Morgan fingerprint density at radius 1 is 1.23 bits per heavy atom. The normalized spacial score (nSPS) is 13.8. The Kier molecular flexibility index (Phi) is 6.22. The molecule has 1 aliphatic rings. The predicted octanol–water partition coefficient (Wildman–Crippen LogP) is 2.20. The third kappa shape index (κ3) is 5.02. The molecule has 1 fully saturated rings. The quantitative estimate of drug-likeness (QED) is 0.599. The molecule has 2 amide bonds. The van der Waals surface area contributed by atoms with Crippen LogP contribution in [0.5, 0.6) is 6.01 Å². The molecule has 1 aliphatic carbocycles. The molecule has 0 saturated heterocycles. The van der Waals surface area contributed by atoms with Gasteiger partial charge >= 0.3 is 18.0 Å². The van der Waals surface area contributed by atoms with E-state index in [2.05, 4.69) is 20.3 Å². The summed E-state index contributed by atoms with van der Waals surface area (Å²) in [5.41, 5.74) is 0.314. The van der Waals surface area contributed by atoms with Gasteiger partial charge in [0.1, 0.15) is 15.6 Å². The van der Waals surface area contributed by atoms with Crippen molar-refractivity contribution in [1.82, 2.24) is 19.7 Å². The highest BCUT2D eigenvalue weighted by Crippen LogP contribution is 2.38. The predicted molar refractivity (Wildman–Crippen MR) is 107 cm³/mol. The molecule has 0 aromatic carbocycles. The molecule has 0 aliphatic heterocycles. The van der Waals surface area contributed by atoms with Gasteiger partial charge in [-0.1, -0.05) is 0 Å². The van der Waals surface area contributed by atoms with Crippen molar-refractivity contribution in [3.63, 3.8) is 0 Å². The van der Waals surface area contributed by atoms with Crippen LogP contribution in [0.2, 0.25) is 0 Å². The number of esters is 1. The van der Waals surface area contributed by atoms with Gasteiger partial charge in [-0.15, -0.1) is 11.3 Å². The van der Waals surface area contributed by atoms with E-state index in [1.165, 1.54) is 19.4 Å². The highest BCUT2D eigenvalue weighted by atomic mass is 32.2. The molecule has 0 bridgehead atoms. The number of aryl methyl sites for hydroxylation is 1. The van der Waals surface area contributed by atoms with E-state index in [0.717, 1.165) is 24.2 Å². The SMILES string of the molecule is COc1nc(NC(=O)NS(=O)(=O)c2c(C)csc2C(=O)OC(C)C)nc(C2CC2)n1. The number of anilines is 1. The fraction of sp³-hybridized carbons (Fsp3) is 0.471. The minimum atomic E-state index is -4.36. The summed E-state index contributed by atoms with van der Waals surface area (Å²) in [5.74, 6) is -0.289. The maximum absolute atomic E-state index is 12.8. The van der Waals surface area contributed by atoms with Gasteiger partial charge in [-0.05, 0) is 44.6 Å². The first-order valence-corrected chi connectivity index (χ1v) is 11.4. The second-order valence-corrected chi connectivity index (χ2v) is 9.37. The van der Waals surface area contributed by atoms with Crippen LogP contribution >= 0.6 is 11.3 Å².